The molecule has 174 valence electrons. The van der Waals surface area contributed by atoms with E-state index in [0.29, 0.717) is 24.7 Å². The van der Waals surface area contributed by atoms with Crippen molar-refractivity contribution >= 4 is 17.5 Å². The van der Waals surface area contributed by atoms with Crippen LogP contribution in [0.2, 0.25) is 0 Å². The molecule has 11 heteroatoms. The van der Waals surface area contributed by atoms with Gasteiger partial charge in [-0.15, -0.1) is 0 Å². The third kappa shape index (κ3) is 3.92. The minimum absolute atomic E-state index is 0.0150. The molecule has 0 bridgehead atoms. The number of amides is 1. The van der Waals surface area contributed by atoms with Gasteiger partial charge in [0.25, 0.3) is 0 Å². The number of anilines is 2. The first kappa shape index (κ1) is 22.7. The molecule has 4 rings (SSSR count). The monoisotopic (exact) mass is 462 g/mol. The Balaban J connectivity index is 1.90. The molecule has 33 heavy (non-hydrogen) atoms. The van der Waals surface area contributed by atoms with Crippen LogP contribution in [-0.2, 0) is 16.9 Å². The topological polar surface area (TPSA) is 89.1 Å². The van der Waals surface area contributed by atoms with Crippen molar-refractivity contribution < 1.29 is 22.4 Å². The summed E-state index contributed by atoms with van der Waals surface area (Å²) < 4.78 is 56.7. The number of halogens is 4. The summed E-state index contributed by atoms with van der Waals surface area (Å²) in [5.74, 6) is -4.14. The molecule has 1 aromatic carbocycles. The van der Waals surface area contributed by atoms with Crippen LogP contribution in [-0.4, -0.2) is 37.9 Å². The maximum Gasteiger partial charge on any atom is 0.240 e. The molecule has 0 saturated carbocycles. The second-order valence-corrected chi connectivity index (χ2v) is 8.36. The quantitative estimate of drug-likeness (QED) is 0.456. The Morgan fingerprint density at radius 2 is 1.82 bits per heavy atom. The number of rotatable bonds is 4. The number of pyridine rings is 1. The van der Waals surface area contributed by atoms with Crippen molar-refractivity contribution in [3.05, 3.63) is 59.6 Å². The van der Waals surface area contributed by atoms with Crippen molar-refractivity contribution in [1.29, 1.82) is 0 Å². The van der Waals surface area contributed by atoms with Crippen LogP contribution in [0.5, 0.6) is 0 Å². The van der Waals surface area contributed by atoms with Crippen LogP contribution in [0.15, 0.2) is 30.5 Å². The lowest BCUT2D eigenvalue weighted by Gasteiger charge is -2.43. The maximum absolute atomic E-state index is 14.0. The number of aromatic nitrogens is 3. The average Bonchev–Trinajstić information content (AvgIpc) is 3.12. The molecule has 0 radical (unpaired) electrons. The van der Waals surface area contributed by atoms with Gasteiger partial charge in [-0.1, -0.05) is 0 Å². The Morgan fingerprint density at radius 1 is 1.15 bits per heavy atom. The van der Waals surface area contributed by atoms with E-state index in [1.54, 1.807) is 30.2 Å². The number of hydrogen-bond donors (Lipinski definition) is 2. The Bertz CT molecular complexity index is 1200. The van der Waals surface area contributed by atoms with Crippen LogP contribution >= 0.6 is 0 Å². The molecule has 0 fully saturated rings. The second kappa shape index (κ2) is 8.14. The number of imidazole rings is 1. The zero-order valence-corrected chi connectivity index (χ0v) is 18.2. The lowest BCUT2D eigenvalue weighted by atomic mass is 9.98. The predicted octanol–water partition coefficient (Wildman–Crippen LogP) is 3.67. The van der Waals surface area contributed by atoms with Crippen LogP contribution in [0.3, 0.4) is 0 Å². The van der Waals surface area contributed by atoms with Crippen LogP contribution in [0, 0.1) is 23.3 Å². The van der Waals surface area contributed by atoms with Gasteiger partial charge in [0.1, 0.15) is 29.0 Å². The number of nitrogens with two attached hydrogens (primary N) is 1. The van der Waals surface area contributed by atoms with E-state index in [2.05, 4.69) is 15.3 Å². The molecule has 0 saturated heterocycles. The SMILES string of the molecule is C[C@H](N)C(=O)N1CCn2c(nc(-c3cc(F)c(F)c(F)c3)c2Nc2ccc(F)cn2)C1(C)C. The van der Waals surface area contributed by atoms with E-state index in [0.717, 1.165) is 18.3 Å². The number of fused-ring (bicyclic) bond motifs is 1. The summed E-state index contributed by atoms with van der Waals surface area (Å²) >= 11 is 0. The molecule has 2 aromatic heterocycles. The number of nitrogens with one attached hydrogen (secondary N) is 1. The predicted molar refractivity (Wildman–Crippen MR) is 113 cm³/mol. The Morgan fingerprint density at radius 3 is 2.39 bits per heavy atom. The van der Waals surface area contributed by atoms with Crippen LogP contribution in [0.1, 0.15) is 26.6 Å². The van der Waals surface area contributed by atoms with Gasteiger partial charge in [0.05, 0.1) is 17.8 Å². The van der Waals surface area contributed by atoms with Gasteiger partial charge in [-0.05, 0) is 45.0 Å². The fourth-order valence-corrected chi connectivity index (χ4v) is 3.96. The van der Waals surface area contributed by atoms with Crippen molar-refractivity contribution in [1.82, 2.24) is 19.4 Å². The smallest absolute Gasteiger partial charge is 0.240 e. The summed E-state index contributed by atoms with van der Waals surface area (Å²) in [4.78, 5) is 22.9. The second-order valence-electron chi connectivity index (χ2n) is 8.36. The highest BCUT2D eigenvalue weighted by Gasteiger charge is 2.42. The van der Waals surface area contributed by atoms with Gasteiger partial charge in [0.15, 0.2) is 17.5 Å². The van der Waals surface area contributed by atoms with Crippen molar-refractivity contribution in [3.8, 4) is 11.3 Å². The third-order valence-corrected chi connectivity index (χ3v) is 5.62. The Kier molecular flexibility index (Phi) is 5.61. The van der Waals surface area contributed by atoms with Gasteiger partial charge < -0.3 is 20.5 Å². The number of carbonyl (C=O) groups excluding carboxylic acids is 1. The molecule has 7 nitrogen and oxygen atoms in total. The zero-order chi connectivity index (χ0) is 24.1. The highest BCUT2D eigenvalue weighted by molar-refractivity contribution is 5.83. The van der Waals surface area contributed by atoms with Crippen molar-refractivity contribution in [3.63, 3.8) is 0 Å². The van der Waals surface area contributed by atoms with E-state index in [1.165, 1.54) is 12.1 Å². The standard InChI is InChI=1S/C22H22F4N6O/c1-11(27)20(33)32-7-6-31-19(29-16-5-4-13(23)10-28-16)18(30-21(31)22(32,2)3)12-8-14(24)17(26)15(25)9-12/h4-5,8-11H,6-7,27H2,1-3H3,(H,28,29)/t11-/m0/s1. The summed E-state index contributed by atoms with van der Waals surface area (Å²) in [6.07, 6.45) is 1.01. The molecule has 1 aliphatic rings. The van der Waals surface area contributed by atoms with Gasteiger partial charge in [0.2, 0.25) is 5.91 Å². The van der Waals surface area contributed by atoms with Gasteiger partial charge in [0, 0.05) is 18.7 Å². The van der Waals surface area contributed by atoms with Crippen molar-refractivity contribution in [2.75, 3.05) is 11.9 Å². The van der Waals surface area contributed by atoms with E-state index in [9.17, 15) is 22.4 Å². The lowest BCUT2D eigenvalue weighted by molar-refractivity contribution is -0.139. The fraction of sp³-hybridized carbons (Fsp3) is 0.318. The first-order valence-electron chi connectivity index (χ1n) is 10.2. The summed E-state index contributed by atoms with van der Waals surface area (Å²) in [5, 5.41) is 3.02. The molecule has 0 spiro atoms. The fourth-order valence-electron chi connectivity index (χ4n) is 3.96. The van der Waals surface area contributed by atoms with Gasteiger partial charge in [-0.2, -0.15) is 0 Å². The first-order valence-corrected chi connectivity index (χ1v) is 10.2. The number of hydrogen-bond acceptors (Lipinski definition) is 5. The normalized spacial score (nSPS) is 15.8. The van der Waals surface area contributed by atoms with Gasteiger partial charge in [-0.25, -0.2) is 27.5 Å². The summed E-state index contributed by atoms with van der Waals surface area (Å²) in [6.45, 7) is 5.73. The Hall–Kier alpha value is -3.47. The van der Waals surface area contributed by atoms with E-state index in [-0.39, 0.29) is 23.0 Å². The van der Waals surface area contributed by atoms with Crippen LogP contribution < -0.4 is 11.1 Å². The summed E-state index contributed by atoms with van der Waals surface area (Å²) in [6, 6.07) is 3.55. The molecule has 1 amide bonds. The number of benzene rings is 1. The highest BCUT2D eigenvalue weighted by Crippen LogP contribution is 2.40. The highest BCUT2D eigenvalue weighted by atomic mass is 19.2. The van der Waals surface area contributed by atoms with E-state index in [4.69, 9.17) is 5.73 Å². The molecular formula is C22H22F4N6O. The van der Waals surface area contributed by atoms with Gasteiger partial charge >= 0.3 is 0 Å². The van der Waals surface area contributed by atoms with E-state index in [1.807, 2.05) is 0 Å². The molecule has 1 atom stereocenters. The summed E-state index contributed by atoms with van der Waals surface area (Å²) in [7, 11) is 0. The van der Waals surface area contributed by atoms with E-state index < -0.39 is 34.8 Å². The van der Waals surface area contributed by atoms with E-state index >= 15 is 0 Å². The average molecular weight is 462 g/mol. The molecule has 3 aromatic rings. The third-order valence-electron chi connectivity index (χ3n) is 5.62. The minimum Gasteiger partial charge on any atom is -0.327 e. The first-order chi connectivity index (χ1) is 15.5. The zero-order valence-electron chi connectivity index (χ0n) is 18.2. The largest absolute Gasteiger partial charge is 0.327 e. The van der Waals surface area contributed by atoms with Crippen molar-refractivity contribution in [2.24, 2.45) is 5.73 Å². The molecule has 3 heterocycles. The maximum atomic E-state index is 14.0. The number of carbonyl (C=O) groups is 1. The Labute approximate surface area is 187 Å². The molecule has 0 aliphatic carbocycles. The minimum atomic E-state index is -1.59. The lowest BCUT2D eigenvalue weighted by Crippen LogP contribution is -2.55. The molecular weight excluding hydrogens is 440 g/mol. The van der Waals surface area contributed by atoms with Crippen LogP contribution in [0.25, 0.3) is 11.3 Å². The molecule has 1 aliphatic heterocycles. The van der Waals surface area contributed by atoms with Crippen LogP contribution in [0.4, 0.5) is 29.2 Å². The summed E-state index contributed by atoms with van der Waals surface area (Å²) in [5.41, 5.74) is 4.99. The molecule has 3 N–H and O–H groups in total. The molecule has 0 unspecified atom stereocenters. The number of nitrogens with zero attached hydrogens (tertiary/aromatic N) is 4. The van der Waals surface area contributed by atoms with Gasteiger partial charge in [-0.3, -0.25) is 4.79 Å². The van der Waals surface area contributed by atoms with Crippen molar-refractivity contribution in [2.45, 2.75) is 38.9 Å².